The third kappa shape index (κ3) is 4.03. The molecule has 0 radical (unpaired) electrons. The first-order chi connectivity index (χ1) is 7.90. The molecule has 0 aliphatic rings. The van der Waals surface area contributed by atoms with Crippen LogP contribution in [0.1, 0.15) is 17.3 Å². The maximum atomic E-state index is 13.0. The van der Waals surface area contributed by atoms with Gasteiger partial charge in [0.15, 0.2) is 0 Å². The highest BCUT2D eigenvalue weighted by atomic mass is 19.1. The standard InChI is InChI=1S/C12H17FN2O2/c1-8(7-15(2)3)14-12(17)10-6-9(13)4-5-11(10)16/h4-6,8,16H,7H2,1-3H3,(H,14,17). The van der Waals surface area contributed by atoms with Crippen molar-refractivity contribution in [2.75, 3.05) is 20.6 Å². The number of halogens is 1. The summed E-state index contributed by atoms with van der Waals surface area (Å²) in [4.78, 5) is 13.7. The zero-order chi connectivity index (χ0) is 13.0. The van der Waals surface area contributed by atoms with Crippen molar-refractivity contribution in [1.82, 2.24) is 10.2 Å². The van der Waals surface area contributed by atoms with Crippen LogP contribution in [0.15, 0.2) is 18.2 Å². The summed E-state index contributed by atoms with van der Waals surface area (Å²) in [5.74, 6) is -1.24. The molecule has 0 saturated heterocycles. The van der Waals surface area contributed by atoms with Crippen LogP contribution in [-0.2, 0) is 0 Å². The number of nitrogens with one attached hydrogen (secondary N) is 1. The molecule has 1 aromatic carbocycles. The van der Waals surface area contributed by atoms with Gasteiger partial charge in [-0.25, -0.2) is 4.39 Å². The van der Waals surface area contributed by atoms with Crippen molar-refractivity contribution in [2.45, 2.75) is 13.0 Å². The van der Waals surface area contributed by atoms with Crippen LogP contribution in [0.3, 0.4) is 0 Å². The molecule has 1 aromatic rings. The van der Waals surface area contributed by atoms with Crippen molar-refractivity contribution in [1.29, 1.82) is 0 Å². The van der Waals surface area contributed by atoms with E-state index in [0.717, 1.165) is 12.1 Å². The van der Waals surface area contributed by atoms with E-state index in [1.54, 1.807) is 0 Å². The van der Waals surface area contributed by atoms with Gasteiger partial charge in [0.1, 0.15) is 11.6 Å². The van der Waals surface area contributed by atoms with Crippen molar-refractivity contribution in [3.63, 3.8) is 0 Å². The molecule has 1 unspecified atom stereocenters. The lowest BCUT2D eigenvalue weighted by atomic mass is 10.1. The summed E-state index contributed by atoms with van der Waals surface area (Å²) in [6, 6.07) is 3.21. The number of amides is 1. The average Bonchev–Trinajstić information content (AvgIpc) is 2.20. The summed E-state index contributed by atoms with van der Waals surface area (Å²) in [5.41, 5.74) is -0.0457. The third-order valence-corrected chi connectivity index (χ3v) is 2.22. The fourth-order valence-electron chi connectivity index (χ4n) is 1.59. The first-order valence-corrected chi connectivity index (χ1v) is 5.34. The Kier molecular flexibility index (Phi) is 4.45. The average molecular weight is 240 g/mol. The SMILES string of the molecule is CC(CN(C)C)NC(=O)c1cc(F)ccc1O. The van der Waals surface area contributed by atoms with Crippen LogP contribution >= 0.6 is 0 Å². The second-order valence-electron chi connectivity index (χ2n) is 4.30. The van der Waals surface area contributed by atoms with E-state index in [-0.39, 0.29) is 17.4 Å². The Balaban J connectivity index is 2.73. The minimum Gasteiger partial charge on any atom is -0.507 e. The lowest BCUT2D eigenvalue weighted by Gasteiger charge is -2.18. The van der Waals surface area contributed by atoms with Gasteiger partial charge >= 0.3 is 0 Å². The molecule has 0 fully saturated rings. The molecule has 4 nitrogen and oxygen atoms in total. The normalized spacial score (nSPS) is 12.5. The van der Waals surface area contributed by atoms with Crippen molar-refractivity contribution in [3.05, 3.63) is 29.6 Å². The maximum Gasteiger partial charge on any atom is 0.255 e. The smallest absolute Gasteiger partial charge is 0.255 e. The number of aromatic hydroxyl groups is 1. The fourth-order valence-corrected chi connectivity index (χ4v) is 1.59. The van der Waals surface area contributed by atoms with Crippen molar-refractivity contribution in [3.8, 4) is 5.75 Å². The van der Waals surface area contributed by atoms with E-state index in [2.05, 4.69) is 5.32 Å². The number of likely N-dealkylation sites (N-methyl/N-ethyl adjacent to an activating group) is 1. The van der Waals surface area contributed by atoms with Gasteiger partial charge < -0.3 is 15.3 Å². The van der Waals surface area contributed by atoms with Gasteiger partial charge in [-0.1, -0.05) is 0 Å². The van der Waals surface area contributed by atoms with Gasteiger partial charge in [0.25, 0.3) is 5.91 Å². The summed E-state index contributed by atoms with van der Waals surface area (Å²) in [7, 11) is 3.78. The molecule has 2 N–H and O–H groups in total. The van der Waals surface area contributed by atoms with E-state index < -0.39 is 11.7 Å². The summed E-state index contributed by atoms with van der Waals surface area (Å²) in [6.45, 7) is 2.51. The fraction of sp³-hybridized carbons (Fsp3) is 0.417. The number of nitrogens with zero attached hydrogens (tertiary/aromatic N) is 1. The highest BCUT2D eigenvalue weighted by Gasteiger charge is 2.14. The summed E-state index contributed by atoms with van der Waals surface area (Å²) in [5, 5.41) is 12.2. The summed E-state index contributed by atoms with van der Waals surface area (Å²) >= 11 is 0. The van der Waals surface area contributed by atoms with Crippen LogP contribution in [0.4, 0.5) is 4.39 Å². The van der Waals surface area contributed by atoms with E-state index in [9.17, 15) is 14.3 Å². The van der Waals surface area contributed by atoms with Gasteiger partial charge in [0.05, 0.1) is 5.56 Å². The molecule has 0 bridgehead atoms. The first-order valence-electron chi connectivity index (χ1n) is 5.34. The number of hydrogen-bond acceptors (Lipinski definition) is 3. The molecule has 94 valence electrons. The molecule has 5 heteroatoms. The monoisotopic (exact) mass is 240 g/mol. The van der Waals surface area contributed by atoms with Crippen LogP contribution in [0.5, 0.6) is 5.75 Å². The molecular formula is C12H17FN2O2. The van der Waals surface area contributed by atoms with Crippen LogP contribution < -0.4 is 5.32 Å². The number of benzene rings is 1. The van der Waals surface area contributed by atoms with Gasteiger partial charge in [0.2, 0.25) is 0 Å². The number of carbonyl (C=O) groups is 1. The number of phenolic OH excluding ortho intramolecular Hbond substituents is 1. The lowest BCUT2D eigenvalue weighted by Crippen LogP contribution is -2.39. The molecule has 0 spiro atoms. The molecule has 1 rings (SSSR count). The third-order valence-electron chi connectivity index (χ3n) is 2.22. The van der Waals surface area contributed by atoms with Gasteiger partial charge in [-0.3, -0.25) is 4.79 Å². The van der Waals surface area contributed by atoms with Crippen molar-refractivity contribution >= 4 is 5.91 Å². The highest BCUT2D eigenvalue weighted by Crippen LogP contribution is 2.17. The number of rotatable bonds is 4. The molecule has 0 saturated carbocycles. The summed E-state index contributed by atoms with van der Waals surface area (Å²) in [6.07, 6.45) is 0. The second kappa shape index (κ2) is 5.63. The van der Waals surface area contributed by atoms with Crippen molar-refractivity contribution in [2.24, 2.45) is 0 Å². The molecule has 0 aromatic heterocycles. The van der Waals surface area contributed by atoms with Crippen LogP contribution in [-0.4, -0.2) is 42.6 Å². The number of hydrogen-bond donors (Lipinski definition) is 2. The van der Waals surface area contributed by atoms with Gasteiger partial charge in [-0.15, -0.1) is 0 Å². The molecular weight excluding hydrogens is 223 g/mol. The Bertz CT molecular complexity index is 407. The van der Waals surface area contributed by atoms with E-state index >= 15 is 0 Å². The van der Waals surface area contributed by atoms with Gasteiger partial charge in [-0.05, 0) is 39.2 Å². The molecule has 0 aliphatic heterocycles. The Morgan fingerprint density at radius 2 is 2.18 bits per heavy atom. The molecule has 0 aliphatic carbocycles. The maximum absolute atomic E-state index is 13.0. The quantitative estimate of drug-likeness (QED) is 0.831. The Labute approximate surface area is 100 Å². The number of carbonyl (C=O) groups excluding carboxylic acids is 1. The minimum absolute atomic E-state index is 0.0457. The van der Waals surface area contributed by atoms with Crippen LogP contribution in [0.25, 0.3) is 0 Å². The minimum atomic E-state index is -0.548. The Morgan fingerprint density at radius 1 is 1.53 bits per heavy atom. The van der Waals surface area contributed by atoms with E-state index in [4.69, 9.17) is 0 Å². The second-order valence-corrected chi connectivity index (χ2v) is 4.30. The van der Waals surface area contributed by atoms with E-state index in [1.165, 1.54) is 6.07 Å². The van der Waals surface area contributed by atoms with E-state index in [0.29, 0.717) is 6.54 Å². The molecule has 1 atom stereocenters. The van der Waals surface area contributed by atoms with E-state index in [1.807, 2.05) is 25.9 Å². The largest absolute Gasteiger partial charge is 0.507 e. The van der Waals surface area contributed by atoms with Gasteiger partial charge in [0, 0.05) is 12.6 Å². The van der Waals surface area contributed by atoms with Gasteiger partial charge in [-0.2, -0.15) is 0 Å². The molecule has 1 amide bonds. The van der Waals surface area contributed by atoms with Crippen LogP contribution in [0, 0.1) is 5.82 Å². The predicted molar refractivity (Wildman–Crippen MR) is 63.5 cm³/mol. The Morgan fingerprint density at radius 3 is 2.76 bits per heavy atom. The van der Waals surface area contributed by atoms with Crippen molar-refractivity contribution < 1.29 is 14.3 Å². The topological polar surface area (TPSA) is 52.6 Å². The van der Waals surface area contributed by atoms with Crippen LogP contribution in [0.2, 0.25) is 0 Å². The Hall–Kier alpha value is -1.62. The zero-order valence-corrected chi connectivity index (χ0v) is 10.2. The highest BCUT2D eigenvalue weighted by molar-refractivity contribution is 5.96. The molecule has 17 heavy (non-hydrogen) atoms. The number of phenols is 1. The molecule has 0 heterocycles. The summed E-state index contributed by atoms with van der Waals surface area (Å²) < 4.78 is 13.0. The first kappa shape index (κ1) is 13.4. The zero-order valence-electron chi connectivity index (χ0n) is 10.2. The lowest BCUT2D eigenvalue weighted by molar-refractivity contribution is 0.0931. The predicted octanol–water partition coefficient (Wildman–Crippen LogP) is 1.21.